The van der Waals surface area contributed by atoms with Gasteiger partial charge >= 0.3 is 0 Å². The molecule has 0 aromatic carbocycles. The first-order valence-electron chi connectivity index (χ1n) is 7.53. The second-order valence-electron chi connectivity index (χ2n) is 6.06. The van der Waals surface area contributed by atoms with Crippen molar-refractivity contribution in [2.45, 2.75) is 52.0 Å². The quantitative estimate of drug-likeness (QED) is 0.722. The van der Waals surface area contributed by atoms with Crippen LogP contribution in [0.4, 0.5) is 0 Å². The maximum absolute atomic E-state index is 5.27. The second-order valence-corrected chi connectivity index (χ2v) is 6.06. The molecule has 0 saturated heterocycles. The summed E-state index contributed by atoms with van der Waals surface area (Å²) in [6, 6.07) is 0.510. The Morgan fingerprint density at radius 2 is 1.94 bits per heavy atom. The highest BCUT2D eigenvalue weighted by Gasteiger charge is 2.33. The van der Waals surface area contributed by atoms with E-state index in [1.807, 2.05) is 0 Å². The number of hydrogen-bond donors (Lipinski definition) is 1. The summed E-state index contributed by atoms with van der Waals surface area (Å²) in [6.45, 7) is 8.74. The topological polar surface area (TPSA) is 24.5 Å². The van der Waals surface area contributed by atoms with Gasteiger partial charge in [0.15, 0.2) is 0 Å². The standard InChI is InChI=1S/C15H32N2O/c1-5-16-12-15(9-7-6-8-10-15)13-17(3)14(2)11-18-4/h14,16H,5-13H2,1-4H3. The largest absolute Gasteiger partial charge is 0.383 e. The van der Waals surface area contributed by atoms with Gasteiger partial charge in [0.05, 0.1) is 6.61 Å². The highest BCUT2D eigenvalue weighted by molar-refractivity contribution is 4.88. The minimum Gasteiger partial charge on any atom is -0.383 e. The normalized spacial score (nSPS) is 21.2. The molecule has 1 N–H and O–H groups in total. The first-order chi connectivity index (χ1) is 8.63. The van der Waals surface area contributed by atoms with E-state index in [9.17, 15) is 0 Å². The molecule has 3 nitrogen and oxygen atoms in total. The molecule has 1 unspecified atom stereocenters. The molecule has 0 radical (unpaired) electrons. The fourth-order valence-electron chi connectivity index (χ4n) is 3.14. The highest BCUT2D eigenvalue weighted by Crippen LogP contribution is 2.36. The van der Waals surface area contributed by atoms with Crippen molar-refractivity contribution in [2.75, 3.05) is 40.4 Å². The Balaban J connectivity index is 2.54. The van der Waals surface area contributed by atoms with Crippen LogP contribution in [0.5, 0.6) is 0 Å². The van der Waals surface area contributed by atoms with Gasteiger partial charge in [-0.2, -0.15) is 0 Å². The van der Waals surface area contributed by atoms with E-state index >= 15 is 0 Å². The van der Waals surface area contributed by atoms with Crippen LogP contribution in [0.2, 0.25) is 0 Å². The van der Waals surface area contributed by atoms with Crippen LogP contribution < -0.4 is 5.32 Å². The fourth-order valence-corrected chi connectivity index (χ4v) is 3.14. The van der Waals surface area contributed by atoms with E-state index in [1.165, 1.54) is 45.2 Å². The summed E-state index contributed by atoms with van der Waals surface area (Å²) in [6.07, 6.45) is 6.98. The number of methoxy groups -OCH3 is 1. The van der Waals surface area contributed by atoms with Gasteiger partial charge in [0.1, 0.15) is 0 Å². The lowest BCUT2D eigenvalue weighted by Crippen LogP contribution is -2.47. The van der Waals surface area contributed by atoms with Crippen molar-refractivity contribution < 1.29 is 4.74 Å². The second kappa shape index (κ2) is 8.13. The van der Waals surface area contributed by atoms with E-state index in [0.29, 0.717) is 11.5 Å². The van der Waals surface area contributed by atoms with Crippen molar-refractivity contribution in [1.29, 1.82) is 0 Å². The molecule has 1 fully saturated rings. The predicted octanol–water partition coefficient (Wildman–Crippen LogP) is 2.51. The Morgan fingerprint density at radius 3 is 2.50 bits per heavy atom. The maximum atomic E-state index is 5.27. The van der Waals surface area contributed by atoms with Crippen LogP contribution in [0, 0.1) is 5.41 Å². The monoisotopic (exact) mass is 256 g/mol. The first-order valence-corrected chi connectivity index (χ1v) is 7.53. The van der Waals surface area contributed by atoms with E-state index < -0.39 is 0 Å². The Labute approximate surface area is 113 Å². The smallest absolute Gasteiger partial charge is 0.0615 e. The molecule has 3 heteroatoms. The summed E-state index contributed by atoms with van der Waals surface area (Å²) < 4.78 is 5.27. The lowest BCUT2D eigenvalue weighted by Gasteiger charge is -2.42. The molecule has 0 amide bonds. The van der Waals surface area contributed by atoms with Gasteiger partial charge in [0.25, 0.3) is 0 Å². The van der Waals surface area contributed by atoms with Crippen LogP contribution in [0.1, 0.15) is 46.0 Å². The number of likely N-dealkylation sites (N-methyl/N-ethyl adjacent to an activating group) is 1. The predicted molar refractivity (Wildman–Crippen MR) is 78.0 cm³/mol. The molecule has 108 valence electrons. The van der Waals surface area contributed by atoms with Crippen LogP contribution in [0.25, 0.3) is 0 Å². The number of nitrogens with one attached hydrogen (secondary N) is 1. The lowest BCUT2D eigenvalue weighted by molar-refractivity contribution is 0.0616. The molecule has 1 saturated carbocycles. The van der Waals surface area contributed by atoms with Crippen molar-refractivity contribution >= 4 is 0 Å². The van der Waals surface area contributed by atoms with Crippen LogP contribution in [0.3, 0.4) is 0 Å². The molecular formula is C15H32N2O. The third kappa shape index (κ3) is 4.87. The Kier molecular flexibility index (Phi) is 7.20. The SMILES string of the molecule is CCNCC1(CN(C)C(C)COC)CCCCC1. The van der Waals surface area contributed by atoms with E-state index in [1.54, 1.807) is 7.11 Å². The number of hydrogen-bond acceptors (Lipinski definition) is 3. The number of ether oxygens (including phenoxy) is 1. The van der Waals surface area contributed by atoms with E-state index in [2.05, 4.69) is 31.1 Å². The summed E-state index contributed by atoms with van der Waals surface area (Å²) in [5, 5.41) is 3.58. The molecule has 1 aliphatic carbocycles. The molecule has 0 heterocycles. The minimum absolute atomic E-state index is 0.491. The molecule has 0 aromatic rings. The molecule has 1 atom stereocenters. The molecule has 0 bridgehead atoms. The summed E-state index contributed by atoms with van der Waals surface area (Å²) in [5.74, 6) is 0. The molecule has 0 spiro atoms. The Hall–Kier alpha value is -0.120. The van der Waals surface area contributed by atoms with E-state index in [-0.39, 0.29) is 0 Å². The molecular weight excluding hydrogens is 224 g/mol. The van der Waals surface area contributed by atoms with Crippen molar-refractivity contribution in [3.05, 3.63) is 0 Å². The average Bonchev–Trinajstić information content (AvgIpc) is 2.38. The molecule has 18 heavy (non-hydrogen) atoms. The van der Waals surface area contributed by atoms with Gasteiger partial charge in [-0.15, -0.1) is 0 Å². The van der Waals surface area contributed by atoms with Gasteiger partial charge < -0.3 is 15.0 Å². The molecule has 0 aromatic heterocycles. The summed E-state index contributed by atoms with van der Waals surface area (Å²) in [7, 11) is 4.03. The van der Waals surface area contributed by atoms with E-state index in [4.69, 9.17) is 4.74 Å². The third-order valence-electron chi connectivity index (χ3n) is 4.41. The van der Waals surface area contributed by atoms with Gasteiger partial charge in [-0.1, -0.05) is 26.2 Å². The zero-order chi connectivity index (χ0) is 13.4. The minimum atomic E-state index is 0.491. The Morgan fingerprint density at radius 1 is 1.28 bits per heavy atom. The highest BCUT2D eigenvalue weighted by atomic mass is 16.5. The third-order valence-corrected chi connectivity index (χ3v) is 4.41. The van der Waals surface area contributed by atoms with Crippen molar-refractivity contribution in [1.82, 2.24) is 10.2 Å². The number of nitrogens with zero attached hydrogens (tertiary/aromatic N) is 1. The van der Waals surface area contributed by atoms with Crippen molar-refractivity contribution in [3.63, 3.8) is 0 Å². The van der Waals surface area contributed by atoms with E-state index in [0.717, 1.165) is 13.2 Å². The van der Waals surface area contributed by atoms with Crippen LogP contribution in [0.15, 0.2) is 0 Å². The van der Waals surface area contributed by atoms with Crippen LogP contribution in [-0.2, 0) is 4.74 Å². The molecule has 1 rings (SSSR count). The molecule has 1 aliphatic rings. The Bertz CT molecular complexity index is 215. The lowest BCUT2D eigenvalue weighted by atomic mass is 9.73. The average molecular weight is 256 g/mol. The molecule has 0 aliphatic heterocycles. The first kappa shape index (κ1) is 15.9. The zero-order valence-electron chi connectivity index (χ0n) is 12.8. The maximum Gasteiger partial charge on any atom is 0.0615 e. The summed E-state index contributed by atoms with van der Waals surface area (Å²) in [4.78, 5) is 2.48. The van der Waals surface area contributed by atoms with Gasteiger partial charge in [-0.05, 0) is 38.8 Å². The number of rotatable bonds is 8. The van der Waals surface area contributed by atoms with Gasteiger partial charge in [0.2, 0.25) is 0 Å². The van der Waals surface area contributed by atoms with Crippen LogP contribution in [-0.4, -0.2) is 51.3 Å². The van der Waals surface area contributed by atoms with Gasteiger partial charge in [-0.3, -0.25) is 0 Å². The fraction of sp³-hybridized carbons (Fsp3) is 1.00. The van der Waals surface area contributed by atoms with Crippen molar-refractivity contribution in [3.8, 4) is 0 Å². The zero-order valence-corrected chi connectivity index (χ0v) is 12.8. The van der Waals surface area contributed by atoms with Gasteiger partial charge in [0, 0.05) is 26.2 Å². The summed E-state index contributed by atoms with van der Waals surface area (Å²) in [5.41, 5.74) is 0.491. The van der Waals surface area contributed by atoms with Crippen molar-refractivity contribution in [2.24, 2.45) is 5.41 Å². The summed E-state index contributed by atoms with van der Waals surface area (Å²) >= 11 is 0. The van der Waals surface area contributed by atoms with Crippen LogP contribution >= 0.6 is 0 Å². The van der Waals surface area contributed by atoms with Gasteiger partial charge in [-0.25, -0.2) is 0 Å².